The second kappa shape index (κ2) is 9.16. The lowest BCUT2D eigenvalue weighted by molar-refractivity contribution is -0.208. The molecule has 1 aromatic rings. The van der Waals surface area contributed by atoms with Crippen LogP contribution in [0, 0.1) is 11.6 Å². The van der Waals surface area contributed by atoms with Crippen LogP contribution in [-0.4, -0.2) is 41.0 Å². The number of rotatable bonds is 5. The second-order valence-electron chi connectivity index (χ2n) is 10.4. The van der Waals surface area contributed by atoms with E-state index in [4.69, 9.17) is 17.7 Å². The minimum Gasteiger partial charge on any atom is -0.414 e. The van der Waals surface area contributed by atoms with Gasteiger partial charge in [-0.3, -0.25) is 0 Å². The smallest absolute Gasteiger partial charge is 0.335 e. The van der Waals surface area contributed by atoms with E-state index in [0.29, 0.717) is 0 Å². The summed E-state index contributed by atoms with van der Waals surface area (Å²) in [5.41, 5.74) is 0.535. The van der Waals surface area contributed by atoms with Crippen molar-refractivity contribution in [3.63, 3.8) is 0 Å². The molecule has 9 heteroatoms. The molecule has 32 heavy (non-hydrogen) atoms. The van der Waals surface area contributed by atoms with Gasteiger partial charge in [-0.2, -0.15) is 0 Å². The van der Waals surface area contributed by atoms with E-state index in [1.54, 1.807) is 0 Å². The summed E-state index contributed by atoms with van der Waals surface area (Å²) in [6, 6.07) is 3.11. The zero-order valence-electron chi connectivity index (χ0n) is 20.4. The minimum atomic E-state index is -2.86. The highest BCUT2D eigenvalue weighted by molar-refractivity contribution is 6.83. The van der Waals surface area contributed by atoms with Gasteiger partial charge in [-0.05, 0) is 34.3 Å². The fourth-order valence-corrected chi connectivity index (χ4v) is 16.4. The summed E-state index contributed by atoms with van der Waals surface area (Å²) in [6.07, 6.45) is -1.08. The molecule has 0 spiro atoms. The first kappa shape index (κ1) is 25.9. The molecule has 2 saturated heterocycles. The molecule has 2 fully saturated rings. The summed E-state index contributed by atoms with van der Waals surface area (Å²) in [6.45, 7) is 17.2. The summed E-state index contributed by atoms with van der Waals surface area (Å²) in [7, 11) is -5.59. The molecule has 0 radical (unpaired) electrons. The third-order valence-corrected chi connectivity index (χ3v) is 17.2. The van der Waals surface area contributed by atoms with E-state index in [9.17, 15) is 13.9 Å². The minimum absolute atomic E-state index is 0.0268. The molecule has 3 atom stereocenters. The van der Waals surface area contributed by atoms with Crippen LogP contribution >= 0.6 is 0 Å². The third kappa shape index (κ3) is 4.37. The number of benzene rings is 1. The summed E-state index contributed by atoms with van der Waals surface area (Å²) in [5, 5.41) is 11.3. The van der Waals surface area contributed by atoms with Gasteiger partial charge in [0.15, 0.2) is 5.79 Å². The van der Waals surface area contributed by atoms with Crippen LogP contribution in [0.5, 0.6) is 0 Å². The van der Waals surface area contributed by atoms with E-state index in [0.717, 1.165) is 12.1 Å². The lowest BCUT2D eigenvalue weighted by Gasteiger charge is -2.51. The maximum Gasteiger partial charge on any atom is 0.335 e. The van der Waals surface area contributed by atoms with Crippen LogP contribution < -0.4 is 0 Å². The van der Waals surface area contributed by atoms with Gasteiger partial charge in [-0.25, -0.2) is 8.78 Å². The average molecular weight is 489 g/mol. The molecule has 0 aliphatic carbocycles. The number of hydrogen-bond donors (Lipinski definition) is 1. The Balaban J connectivity index is 2.06. The Hall–Kier alpha value is -0.686. The van der Waals surface area contributed by atoms with Crippen LogP contribution in [0.15, 0.2) is 18.2 Å². The van der Waals surface area contributed by atoms with Crippen molar-refractivity contribution in [2.75, 3.05) is 6.61 Å². The third-order valence-electron chi connectivity index (χ3n) is 6.94. The number of aliphatic hydroxyl groups is 1. The molecular weight excluding hydrogens is 450 g/mol. The molecule has 1 aromatic carbocycles. The standard InChI is InChI=1S/C23H38F2O5Si2/c1-14(2)31(15(3)4)27-13-22-21(29-32(30-31,16(5)6)17(7)8)12-23(26,28-22)19-10-9-18(24)11-20(19)25/h9-11,14-17,21-22,26H,12-13H2,1-8H3/t21-,22+,23?/m0/s1. The monoisotopic (exact) mass is 488 g/mol. The first-order valence-electron chi connectivity index (χ1n) is 11.6. The maximum atomic E-state index is 14.6. The predicted octanol–water partition coefficient (Wildman–Crippen LogP) is 5.86. The van der Waals surface area contributed by atoms with Crippen molar-refractivity contribution < 1.29 is 31.6 Å². The predicted molar refractivity (Wildman–Crippen MR) is 124 cm³/mol. The van der Waals surface area contributed by atoms with Gasteiger partial charge in [-0.15, -0.1) is 0 Å². The first-order chi connectivity index (χ1) is 14.8. The molecule has 1 unspecified atom stereocenters. The zero-order chi connectivity index (χ0) is 24.1. The van der Waals surface area contributed by atoms with Crippen molar-refractivity contribution in [1.82, 2.24) is 0 Å². The van der Waals surface area contributed by atoms with Crippen LogP contribution in [0.1, 0.15) is 67.4 Å². The van der Waals surface area contributed by atoms with E-state index in [1.807, 2.05) is 0 Å². The summed E-state index contributed by atoms with van der Waals surface area (Å²) in [5.74, 6) is -3.47. The van der Waals surface area contributed by atoms with Crippen LogP contribution in [0.3, 0.4) is 0 Å². The van der Waals surface area contributed by atoms with Crippen molar-refractivity contribution >= 4 is 17.1 Å². The lowest BCUT2D eigenvalue weighted by Crippen LogP contribution is -2.65. The maximum absolute atomic E-state index is 14.6. The Morgan fingerprint density at radius 1 is 0.906 bits per heavy atom. The number of fused-ring (bicyclic) bond motifs is 1. The van der Waals surface area contributed by atoms with Gasteiger partial charge in [0.2, 0.25) is 0 Å². The van der Waals surface area contributed by atoms with E-state index < -0.39 is 46.8 Å². The second-order valence-corrected chi connectivity index (χ2v) is 19.2. The molecule has 0 aromatic heterocycles. The van der Waals surface area contributed by atoms with E-state index in [2.05, 4.69) is 55.4 Å². The highest BCUT2D eigenvalue weighted by atomic mass is 28.5. The molecule has 182 valence electrons. The largest absolute Gasteiger partial charge is 0.414 e. The fourth-order valence-electron chi connectivity index (χ4n) is 5.18. The topological polar surface area (TPSA) is 57.2 Å². The molecule has 0 bridgehead atoms. The van der Waals surface area contributed by atoms with Crippen LogP contribution in [0.2, 0.25) is 22.2 Å². The van der Waals surface area contributed by atoms with Crippen LogP contribution in [0.25, 0.3) is 0 Å². The Kier molecular flexibility index (Phi) is 7.43. The van der Waals surface area contributed by atoms with Crippen LogP contribution in [0.4, 0.5) is 8.78 Å². The van der Waals surface area contributed by atoms with Crippen molar-refractivity contribution in [3.05, 3.63) is 35.4 Å². The van der Waals surface area contributed by atoms with Crippen molar-refractivity contribution in [2.24, 2.45) is 0 Å². The van der Waals surface area contributed by atoms with Crippen LogP contribution in [-0.2, 0) is 23.5 Å². The molecule has 2 heterocycles. The summed E-state index contributed by atoms with van der Waals surface area (Å²) < 4.78 is 54.6. The molecular formula is C23H38F2O5Si2. The molecule has 0 amide bonds. The Morgan fingerprint density at radius 2 is 1.47 bits per heavy atom. The molecule has 5 nitrogen and oxygen atoms in total. The van der Waals surface area contributed by atoms with E-state index in [1.165, 1.54) is 6.07 Å². The van der Waals surface area contributed by atoms with Gasteiger partial charge in [0.05, 0.1) is 12.7 Å². The SMILES string of the molecule is CC(C)[Si]1(C(C)C)OC[C@H]2OC(O)(c3ccc(F)cc3F)C[C@@H]2O[Si](C(C)C)(C(C)C)O1. The molecule has 2 aliphatic rings. The van der Waals surface area contributed by atoms with E-state index in [-0.39, 0.29) is 40.8 Å². The lowest BCUT2D eigenvalue weighted by atomic mass is 10.0. The molecule has 2 aliphatic heterocycles. The fraction of sp³-hybridized carbons (Fsp3) is 0.739. The highest BCUT2D eigenvalue weighted by Crippen LogP contribution is 2.49. The molecule has 1 N–H and O–H groups in total. The van der Waals surface area contributed by atoms with Crippen molar-refractivity contribution in [3.8, 4) is 0 Å². The molecule has 3 rings (SSSR count). The van der Waals surface area contributed by atoms with Gasteiger partial charge in [0.25, 0.3) is 0 Å². The first-order valence-corrected chi connectivity index (χ1v) is 15.6. The van der Waals surface area contributed by atoms with Gasteiger partial charge < -0.3 is 22.8 Å². The highest BCUT2D eigenvalue weighted by Gasteiger charge is 2.61. The number of halogens is 2. The normalized spacial score (nSPS) is 30.1. The Bertz CT molecular complexity index is 804. The zero-order valence-corrected chi connectivity index (χ0v) is 22.4. The summed E-state index contributed by atoms with van der Waals surface area (Å²) >= 11 is 0. The molecule has 0 saturated carbocycles. The van der Waals surface area contributed by atoms with Crippen molar-refractivity contribution in [2.45, 2.75) is 102 Å². The van der Waals surface area contributed by atoms with Gasteiger partial charge in [-0.1, -0.05) is 55.4 Å². The number of ether oxygens (including phenoxy) is 1. The number of hydrogen-bond acceptors (Lipinski definition) is 5. The van der Waals surface area contributed by atoms with Gasteiger partial charge >= 0.3 is 17.1 Å². The Morgan fingerprint density at radius 3 is 1.97 bits per heavy atom. The quantitative estimate of drug-likeness (QED) is 0.527. The van der Waals surface area contributed by atoms with Gasteiger partial charge in [0, 0.05) is 18.1 Å². The average Bonchev–Trinajstić information content (AvgIpc) is 2.96. The van der Waals surface area contributed by atoms with Crippen molar-refractivity contribution in [1.29, 1.82) is 0 Å². The van der Waals surface area contributed by atoms with E-state index >= 15 is 0 Å². The Labute approximate surface area is 192 Å². The van der Waals surface area contributed by atoms with Gasteiger partial charge in [0.1, 0.15) is 17.7 Å². The summed E-state index contributed by atoms with van der Waals surface area (Å²) in [4.78, 5) is 0.